The zero-order valence-corrected chi connectivity index (χ0v) is 12.3. The van der Waals surface area contributed by atoms with Crippen LogP contribution < -0.4 is 0 Å². The van der Waals surface area contributed by atoms with E-state index in [9.17, 15) is 4.79 Å². The Kier molecular flexibility index (Phi) is 3.08. The van der Waals surface area contributed by atoms with Gasteiger partial charge in [-0.15, -0.1) is 0 Å². The second-order valence-electron chi connectivity index (χ2n) is 6.31. The second-order valence-corrected chi connectivity index (χ2v) is 6.31. The van der Waals surface area contributed by atoms with Gasteiger partial charge in [0.05, 0.1) is 13.2 Å². The van der Waals surface area contributed by atoms with E-state index in [1.54, 1.807) is 0 Å². The Morgan fingerprint density at radius 1 is 1.35 bits per heavy atom. The third-order valence-electron chi connectivity index (χ3n) is 4.61. The van der Waals surface area contributed by atoms with Crippen molar-refractivity contribution in [2.24, 2.45) is 5.41 Å². The molecule has 0 N–H and O–H groups in total. The van der Waals surface area contributed by atoms with E-state index in [1.165, 1.54) is 18.2 Å². The van der Waals surface area contributed by atoms with Crippen molar-refractivity contribution >= 4 is 6.09 Å². The van der Waals surface area contributed by atoms with Gasteiger partial charge in [-0.1, -0.05) is 48.9 Å². The molecule has 3 heteroatoms. The number of amides is 1. The van der Waals surface area contributed by atoms with E-state index in [0.717, 1.165) is 13.0 Å². The zero-order valence-electron chi connectivity index (χ0n) is 12.3. The largest absolute Gasteiger partial charge is 0.453 e. The summed E-state index contributed by atoms with van der Waals surface area (Å²) in [6.45, 7) is 5.12. The number of fused-ring (bicyclic) bond motifs is 2. The van der Waals surface area contributed by atoms with Gasteiger partial charge in [-0.3, -0.25) is 0 Å². The Morgan fingerprint density at radius 2 is 2.05 bits per heavy atom. The molecule has 1 amide bonds. The molecule has 2 heterocycles. The third-order valence-corrected chi connectivity index (χ3v) is 4.61. The molecule has 0 aromatic heterocycles. The van der Waals surface area contributed by atoms with E-state index in [1.807, 2.05) is 11.0 Å². The second kappa shape index (κ2) is 4.65. The highest BCUT2D eigenvalue weighted by molar-refractivity contribution is 5.70. The first-order chi connectivity index (χ1) is 9.54. The van der Waals surface area contributed by atoms with Crippen molar-refractivity contribution in [1.82, 2.24) is 4.90 Å². The van der Waals surface area contributed by atoms with Crippen LogP contribution in [-0.4, -0.2) is 30.7 Å². The molecule has 3 atom stereocenters. The lowest BCUT2D eigenvalue weighted by Gasteiger charge is -2.53. The first-order valence-electron chi connectivity index (χ1n) is 7.13. The van der Waals surface area contributed by atoms with E-state index in [2.05, 4.69) is 44.2 Å². The maximum atomic E-state index is 12.1. The van der Waals surface area contributed by atoms with Crippen molar-refractivity contribution in [3.63, 3.8) is 0 Å². The molecule has 2 bridgehead atoms. The molecule has 0 unspecified atom stereocenters. The average molecular weight is 271 g/mol. The molecule has 0 spiro atoms. The summed E-state index contributed by atoms with van der Waals surface area (Å²) >= 11 is 0. The van der Waals surface area contributed by atoms with Crippen LogP contribution in [0.4, 0.5) is 4.79 Å². The zero-order chi connectivity index (χ0) is 14.3. The number of ether oxygens (including phenoxy) is 1. The first kappa shape index (κ1) is 13.2. The van der Waals surface area contributed by atoms with Gasteiger partial charge in [-0.05, 0) is 18.9 Å². The smallest absolute Gasteiger partial charge is 0.410 e. The molecule has 4 rings (SSSR count). The van der Waals surface area contributed by atoms with Crippen molar-refractivity contribution in [3.8, 4) is 0 Å². The predicted octanol–water partition coefficient (Wildman–Crippen LogP) is 3.58. The van der Waals surface area contributed by atoms with Gasteiger partial charge in [-0.2, -0.15) is 0 Å². The minimum Gasteiger partial charge on any atom is -0.453 e. The minimum atomic E-state index is -0.214. The third kappa shape index (κ3) is 2.01. The Balaban J connectivity index is 2.02. The number of hydrogen-bond donors (Lipinski definition) is 0. The summed E-state index contributed by atoms with van der Waals surface area (Å²) < 4.78 is 4.98. The summed E-state index contributed by atoms with van der Waals surface area (Å²) in [7, 11) is 1.46. The molecule has 3 nitrogen and oxygen atoms in total. The monoisotopic (exact) mass is 271 g/mol. The number of benzene rings is 1. The van der Waals surface area contributed by atoms with Crippen molar-refractivity contribution < 1.29 is 9.53 Å². The predicted molar refractivity (Wildman–Crippen MR) is 78.6 cm³/mol. The van der Waals surface area contributed by atoms with Crippen molar-refractivity contribution in [2.45, 2.75) is 32.2 Å². The fourth-order valence-corrected chi connectivity index (χ4v) is 3.98. The number of carbonyl (C=O) groups excluding carboxylic acids is 1. The molecular weight excluding hydrogens is 250 g/mol. The molecule has 0 radical (unpaired) electrons. The van der Waals surface area contributed by atoms with Crippen LogP contribution in [0.25, 0.3) is 0 Å². The van der Waals surface area contributed by atoms with E-state index in [4.69, 9.17) is 4.74 Å². The number of hydrogen-bond acceptors (Lipinski definition) is 2. The molecule has 20 heavy (non-hydrogen) atoms. The fourth-order valence-electron chi connectivity index (χ4n) is 3.98. The van der Waals surface area contributed by atoms with E-state index in [-0.39, 0.29) is 17.6 Å². The Labute approximate surface area is 120 Å². The Bertz CT molecular complexity index is 551. The van der Waals surface area contributed by atoms with Gasteiger partial charge >= 0.3 is 6.09 Å². The number of nitrogens with zero attached hydrogens (tertiary/aromatic N) is 1. The van der Waals surface area contributed by atoms with Crippen LogP contribution in [0.15, 0.2) is 42.0 Å². The number of carbonyl (C=O) groups is 1. The van der Waals surface area contributed by atoms with Crippen molar-refractivity contribution in [2.75, 3.05) is 13.7 Å². The SMILES string of the molecule is COC(=O)N1C[C@]2(C)C=C(C)[C@H]1[C@H](c1ccccc1)C2. The summed E-state index contributed by atoms with van der Waals surface area (Å²) in [5, 5.41) is 0. The van der Waals surface area contributed by atoms with Crippen LogP contribution in [0.5, 0.6) is 0 Å². The highest BCUT2D eigenvalue weighted by atomic mass is 16.5. The standard InChI is InChI=1S/C17H21NO2/c1-12-9-17(2)10-14(13-7-5-4-6-8-13)15(12)18(11-17)16(19)20-3/h4-9,14-15H,10-11H2,1-3H3/t14-,15-,17+/m0/s1. The number of methoxy groups -OCH3 is 1. The van der Waals surface area contributed by atoms with Crippen LogP contribution in [0.2, 0.25) is 0 Å². The van der Waals surface area contributed by atoms with Gasteiger partial charge in [0.25, 0.3) is 0 Å². The summed E-state index contributed by atoms with van der Waals surface area (Å²) in [5.41, 5.74) is 2.64. The quantitative estimate of drug-likeness (QED) is 0.731. The van der Waals surface area contributed by atoms with Crippen LogP contribution in [-0.2, 0) is 4.74 Å². The Morgan fingerprint density at radius 3 is 2.65 bits per heavy atom. The lowest BCUT2D eigenvalue weighted by Crippen LogP contribution is -2.57. The summed E-state index contributed by atoms with van der Waals surface area (Å²) in [6.07, 6.45) is 3.22. The van der Waals surface area contributed by atoms with Gasteiger partial charge < -0.3 is 9.64 Å². The van der Waals surface area contributed by atoms with Gasteiger partial charge in [0.2, 0.25) is 0 Å². The molecular formula is C17H21NO2. The van der Waals surface area contributed by atoms with Gasteiger partial charge in [0, 0.05) is 17.9 Å². The molecule has 0 saturated carbocycles. The van der Waals surface area contributed by atoms with Gasteiger partial charge in [0.15, 0.2) is 0 Å². The van der Waals surface area contributed by atoms with E-state index < -0.39 is 0 Å². The number of rotatable bonds is 1. The molecule has 3 aliphatic rings. The first-order valence-corrected chi connectivity index (χ1v) is 7.13. The Hall–Kier alpha value is -1.77. The average Bonchev–Trinajstić information content (AvgIpc) is 2.45. The van der Waals surface area contributed by atoms with Crippen molar-refractivity contribution in [3.05, 3.63) is 47.5 Å². The molecule has 2 aliphatic heterocycles. The topological polar surface area (TPSA) is 29.5 Å². The summed E-state index contributed by atoms with van der Waals surface area (Å²) in [4.78, 5) is 14.0. The van der Waals surface area contributed by atoms with Crippen LogP contribution in [0, 0.1) is 5.41 Å². The summed E-state index contributed by atoms with van der Waals surface area (Å²) in [6, 6.07) is 10.6. The van der Waals surface area contributed by atoms with Crippen LogP contribution in [0.1, 0.15) is 31.7 Å². The van der Waals surface area contributed by atoms with Gasteiger partial charge in [-0.25, -0.2) is 4.79 Å². The van der Waals surface area contributed by atoms with Crippen molar-refractivity contribution in [1.29, 1.82) is 0 Å². The molecule has 1 aromatic carbocycles. The lowest BCUT2D eigenvalue weighted by molar-refractivity contribution is 0.0450. The molecule has 1 aromatic rings. The molecule has 1 saturated heterocycles. The summed E-state index contributed by atoms with van der Waals surface area (Å²) in [5.74, 6) is 0.360. The maximum Gasteiger partial charge on any atom is 0.410 e. The maximum absolute atomic E-state index is 12.1. The van der Waals surface area contributed by atoms with Crippen LogP contribution in [0.3, 0.4) is 0 Å². The van der Waals surface area contributed by atoms with E-state index >= 15 is 0 Å². The van der Waals surface area contributed by atoms with Gasteiger partial charge in [0.1, 0.15) is 0 Å². The highest BCUT2D eigenvalue weighted by Gasteiger charge is 2.48. The number of piperidine rings is 1. The highest BCUT2D eigenvalue weighted by Crippen LogP contribution is 2.50. The molecule has 106 valence electrons. The lowest BCUT2D eigenvalue weighted by atomic mass is 9.64. The van der Waals surface area contributed by atoms with E-state index in [0.29, 0.717) is 5.92 Å². The molecule has 1 fully saturated rings. The normalized spacial score (nSPS) is 31.9. The molecule has 1 aliphatic carbocycles. The van der Waals surface area contributed by atoms with Crippen LogP contribution >= 0.6 is 0 Å². The minimum absolute atomic E-state index is 0.0491. The fraction of sp³-hybridized carbons (Fsp3) is 0.471.